The van der Waals surface area contributed by atoms with E-state index in [1.54, 1.807) is 0 Å². The van der Waals surface area contributed by atoms with Gasteiger partial charge in [0.15, 0.2) is 21.3 Å². The first-order valence-corrected chi connectivity index (χ1v) is 9.67. The van der Waals surface area contributed by atoms with Crippen molar-refractivity contribution in [3.63, 3.8) is 0 Å². The van der Waals surface area contributed by atoms with Gasteiger partial charge < -0.3 is 0 Å². The molecule has 0 amide bonds. The minimum atomic E-state index is -4.57. The molecule has 0 spiro atoms. The molecule has 1 aromatic heterocycles. The van der Waals surface area contributed by atoms with Crippen molar-refractivity contribution in [3.8, 4) is 0 Å². The molecule has 1 saturated carbocycles. The van der Waals surface area contributed by atoms with E-state index < -0.39 is 43.9 Å². The maximum Gasteiger partial charge on any atom is 0.434 e. The number of thiazole rings is 1. The normalized spacial score (nSPS) is 17.6. The van der Waals surface area contributed by atoms with E-state index in [0.717, 1.165) is 18.2 Å². The Bertz CT molecular complexity index is 686. The second-order valence-corrected chi connectivity index (χ2v) is 9.91. The van der Waals surface area contributed by atoms with Gasteiger partial charge in [-0.2, -0.15) is 13.2 Å². The second kappa shape index (κ2) is 6.16. The van der Waals surface area contributed by atoms with E-state index in [-0.39, 0.29) is 5.01 Å². The maximum absolute atomic E-state index is 12.6. The van der Waals surface area contributed by atoms with Gasteiger partial charge in [-0.1, -0.05) is 12.8 Å². The Morgan fingerprint density at radius 1 is 1.30 bits per heavy atom. The number of carbonyl (C=O) groups excluding carboxylic acids is 1. The van der Waals surface area contributed by atoms with Crippen molar-refractivity contribution in [1.29, 1.82) is 0 Å². The summed E-state index contributed by atoms with van der Waals surface area (Å²) in [6, 6.07) is 0. The fraction of sp³-hybridized carbons (Fsp3) is 0.714. The van der Waals surface area contributed by atoms with Crippen LogP contribution < -0.4 is 0 Å². The molecule has 1 aliphatic rings. The minimum Gasteiger partial charge on any atom is -0.297 e. The van der Waals surface area contributed by atoms with Crippen molar-refractivity contribution in [2.75, 3.05) is 0 Å². The van der Waals surface area contributed by atoms with E-state index in [0.29, 0.717) is 24.2 Å². The fourth-order valence-electron chi connectivity index (χ4n) is 2.65. The van der Waals surface area contributed by atoms with Gasteiger partial charge in [0.25, 0.3) is 0 Å². The zero-order chi connectivity index (χ0) is 17.5. The molecule has 0 aliphatic heterocycles. The second-order valence-electron chi connectivity index (χ2n) is 6.19. The predicted octanol–water partition coefficient (Wildman–Crippen LogP) is 3.41. The molecule has 9 heteroatoms. The van der Waals surface area contributed by atoms with Crippen molar-refractivity contribution in [1.82, 2.24) is 4.98 Å². The number of aromatic nitrogens is 1. The predicted molar refractivity (Wildman–Crippen MR) is 81.1 cm³/mol. The number of sulfone groups is 1. The monoisotopic (exact) mass is 369 g/mol. The van der Waals surface area contributed by atoms with Crippen molar-refractivity contribution >= 4 is 27.0 Å². The highest BCUT2D eigenvalue weighted by atomic mass is 32.2. The molecule has 0 saturated heterocycles. The van der Waals surface area contributed by atoms with Crippen molar-refractivity contribution in [2.45, 2.75) is 62.1 Å². The molecule has 1 heterocycles. The fourth-order valence-corrected chi connectivity index (χ4v) is 5.62. The third kappa shape index (κ3) is 3.60. The molecule has 4 nitrogen and oxygen atoms in total. The molecule has 0 radical (unpaired) electrons. The van der Waals surface area contributed by atoms with Crippen LogP contribution in [0.15, 0.2) is 5.38 Å². The minimum absolute atomic E-state index is 0.0166. The van der Waals surface area contributed by atoms with Gasteiger partial charge in [-0.25, -0.2) is 13.4 Å². The Balaban J connectivity index is 2.17. The number of Topliss-reactive ketones (excluding diaryl/α,β-unsaturated/α-hetero) is 1. The average molecular weight is 369 g/mol. The van der Waals surface area contributed by atoms with Gasteiger partial charge in [0.05, 0.1) is 11.7 Å². The molecule has 130 valence electrons. The zero-order valence-electron chi connectivity index (χ0n) is 12.8. The highest BCUT2D eigenvalue weighted by Gasteiger charge is 2.46. The molecular weight excluding hydrogens is 351 g/mol. The molecule has 0 unspecified atom stereocenters. The van der Waals surface area contributed by atoms with Crippen LogP contribution in [0.1, 0.15) is 50.2 Å². The van der Waals surface area contributed by atoms with Crippen LogP contribution in [-0.4, -0.2) is 29.2 Å². The quantitative estimate of drug-likeness (QED) is 0.798. The number of halogens is 3. The first-order chi connectivity index (χ1) is 10.5. The average Bonchev–Trinajstić information content (AvgIpc) is 3.08. The Morgan fingerprint density at radius 2 is 1.87 bits per heavy atom. The lowest BCUT2D eigenvalue weighted by atomic mass is 10.1. The first-order valence-electron chi connectivity index (χ1n) is 7.24. The summed E-state index contributed by atoms with van der Waals surface area (Å²) in [4.78, 5) is 15.8. The topological polar surface area (TPSA) is 64.1 Å². The highest BCUT2D eigenvalue weighted by Crippen LogP contribution is 2.34. The van der Waals surface area contributed by atoms with Gasteiger partial charge in [-0.15, -0.1) is 11.3 Å². The van der Waals surface area contributed by atoms with Crippen LogP contribution in [-0.2, 0) is 27.2 Å². The van der Waals surface area contributed by atoms with Gasteiger partial charge in [-0.3, -0.25) is 4.79 Å². The number of nitrogens with zero attached hydrogens (tertiary/aromatic N) is 1. The van der Waals surface area contributed by atoms with Gasteiger partial charge in [0.1, 0.15) is 9.75 Å². The standard InChI is InChI=1S/C14H18F3NO3S2/c1-13(2,23(20,21)9-5-3-4-6-9)11(19)7-12-18-10(8-22-12)14(15,16)17/h8-9H,3-7H2,1-2H3. The summed E-state index contributed by atoms with van der Waals surface area (Å²) in [5.74, 6) is -0.618. The van der Waals surface area contributed by atoms with Gasteiger partial charge in [-0.05, 0) is 26.7 Å². The summed E-state index contributed by atoms with van der Waals surface area (Å²) >= 11 is 0.717. The van der Waals surface area contributed by atoms with E-state index in [9.17, 15) is 26.4 Å². The number of carbonyl (C=O) groups is 1. The summed E-state index contributed by atoms with van der Waals surface area (Å²) in [7, 11) is -3.67. The molecule has 2 rings (SSSR count). The SMILES string of the molecule is CC(C)(C(=O)Cc1nc(C(F)(F)F)cs1)S(=O)(=O)C1CCCC1. The molecule has 1 aliphatic carbocycles. The summed E-state index contributed by atoms with van der Waals surface area (Å²) < 4.78 is 61.2. The molecular formula is C14H18F3NO3S2. The van der Waals surface area contributed by atoms with Gasteiger partial charge in [0.2, 0.25) is 0 Å². The van der Waals surface area contributed by atoms with Crippen LogP contribution in [0.3, 0.4) is 0 Å². The van der Waals surface area contributed by atoms with E-state index >= 15 is 0 Å². The Kier molecular flexibility index (Phi) is 4.92. The largest absolute Gasteiger partial charge is 0.434 e. The Morgan fingerprint density at radius 3 is 2.35 bits per heavy atom. The number of hydrogen-bond acceptors (Lipinski definition) is 5. The first kappa shape index (κ1) is 18.4. The highest BCUT2D eigenvalue weighted by molar-refractivity contribution is 7.94. The molecule has 0 atom stereocenters. The summed E-state index contributed by atoms with van der Waals surface area (Å²) in [6.07, 6.45) is -2.27. The van der Waals surface area contributed by atoms with Crippen LogP contribution in [0, 0.1) is 0 Å². The Hall–Kier alpha value is -0.960. The van der Waals surface area contributed by atoms with Crippen LogP contribution in [0.5, 0.6) is 0 Å². The van der Waals surface area contributed by atoms with E-state index in [2.05, 4.69) is 4.98 Å². The third-order valence-electron chi connectivity index (χ3n) is 4.28. The third-order valence-corrected chi connectivity index (χ3v) is 8.13. The van der Waals surface area contributed by atoms with Crippen molar-refractivity contribution in [3.05, 3.63) is 16.1 Å². The smallest absolute Gasteiger partial charge is 0.297 e. The number of rotatable bonds is 5. The van der Waals surface area contributed by atoms with Crippen LogP contribution in [0.25, 0.3) is 0 Å². The zero-order valence-corrected chi connectivity index (χ0v) is 14.4. The number of hydrogen-bond donors (Lipinski definition) is 0. The summed E-state index contributed by atoms with van der Waals surface area (Å²) in [5.41, 5.74) is -1.05. The van der Waals surface area contributed by atoms with E-state index in [1.807, 2.05) is 0 Å². The molecule has 0 bridgehead atoms. The molecule has 0 N–H and O–H groups in total. The lowest BCUT2D eigenvalue weighted by Gasteiger charge is -2.26. The maximum atomic E-state index is 12.6. The van der Waals surface area contributed by atoms with Crippen molar-refractivity contribution in [2.24, 2.45) is 0 Å². The van der Waals surface area contributed by atoms with Crippen LogP contribution >= 0.6 is 11.3 Å². The van der Waals surface area contributed by atoms with Crippen LogP contribution in [0.2, 0.25) is 0 Å². The molecule has 23 heavy (non-hydrogen) atoms. The summed E-state index contributed by atoms with van der Waals surface area (Å²) in [5, 5.41) is 0.279. The van der Waals surface area contributed by atoms with Gasteiger partial charge >= 0.3 is 6.18 Å². The van der Waals surface area contributed by atoms with Gasteiger partial charge in [0, 0.05) is 5.38 Å². The molecule has 1 aromatic rings. The van der Waals surface area contributed by atoms with Crippen LogP contribution in [0.4, 0.5) is 13.2 Å². The summed E-state index contributed by atoms with van der Waals surface area (Å²) in [6.45, 7) is 2.67. The van der Waals surface area contributed by atoms with E-state index in [4.69, 9.17) is 0 Å². The molecule has 0 aromatic carbocycles. The lowest BCUT2D eigenvalue weighted by Crippen LogP contribution is -2.46. The molecule has 1 fully saturated rings. The van der Waals surface area contributed by atoms with E-state index in [1.165, 1.54) is 13.8 Å². The number of alkyl halides is 3. The number of ketones is 1. The Labute approximate surface area is 137 Å². The van der Waals surface area contributed by atoms with Crippen molar-refractivity contribution < 1.29 is 26.4 Å². The lowest BCUT2D eigenvalue weighted by molar-refractivity contribution is -0.140.